The Morgan fingerprint density at radius 1 is 1.26 bits per heavy atom. The lowest BCUT2D eigenvalue weighted by Crippen LogP contribution is -2.49. The van der Waals surface area contributed by atoms with Gasteiger partial charge in [0, 0.05) is 0 Å². The van der Waals surface area contributed by atoms with E-state index in [1.165, 1.54) is 0 Å². The third kappa shape index (κ3) is 3.47. The molecular weight excluding hydrogens is 316 g/mol. The standard InChI is InChI=1S/C16H19ClN4O2/c1-11-18-14(23-21-11)16(9-5-2-6-10-16)20-15(22)19-13-8-4-3-7-12(13)17/h3-4,7-8H,2,5-6,9-10H2,1H3,(H2,19,20,22). The molecular formula is C16H19ClN4O2. The van der Waals surface area contributed by atoms with Crippen LogP contribution < -0.4 is 10.6 Å². The minimum Gasteiger partial charge on any atom is -0.337 e. The molecule has 0 spiro atoms. The van der Waals surface area contributed by atoms with E-state index in [1.807, 2.05) is 12.1 Å². The number of hydrogen-bond donors (Lipinski definition) is 2. The minimum absolute atomic E-state index is 0.323. The molecule has 1 aromatic carbocycles. The van der Waals surface area contributed by atoms with Gasteiger partial charge in [-0.25, -0.2) is 4.79 Å². The fraction of sp³-hybridized carbons (Fsp3) is 0.438. The van der Waals surface area contributed by atoms with Gasteiger partial charge in [-0.15, -0.1) is 0 Å². The predicted octanol–water partition coefficient (Wildman–Crippen LogP) is 4.01. The molecule has 2 N–H and O–H groups in total. The van der Waals surface area contributed by atoms with Crippen molar-refractivity contribution in [3.8, 4) is 0 Å². The molecule has 2 aromatic rings. The zero-order valence-electron chi connectivity index (χ0n) is 12.9. The summed E-state index contributed by atoms with van der Waals surface area (Å²) >= 11 is 6.08. The summed E-state index contributed by atoms with van der Waals surface area (Å²) in [5.74, 6) is 1.04. The van der Waals surface area contributed by atoms with Crippen LogP contribution in [0.1, 0.15) is 43.8 Å². The van der Waals surface area contributed by atoms with Gasteiger partial charge in [0.15, 0.2) is 5.82 Å². The molecule has 23 heavy (non-hydrogen) atoms. The van der Waals surface area contributed by atoms with E-state index in [0.717, 1.165) is 32.1 Å². The lowest BCUT2D eigenvalue weighted by Gasteiger charge is -2.34. The Labute approximate surface area is 139 Å². The highest BCUT2D eigenvalue weighted by atomic mass is 35.5. The summed E-state index contributed by atoms with van der Waals surface area (Å²) < 4.78 is 5.35. The van der Waals surface area contributed by atoms with Crippen LogP contribution in [0.4, 0.5) is 10.5 Å². The lowest BCUT2D eigenvalue weighted by atomic mass is 9.81. The maximum atomic E-state index is 12.4. The van der Waals surface area contributed by atoms with Crippen molar-refractivity contribution in [1.82, 2.24) is 15.5 Å². The number of rotatable bonds is 3. The smallest absolute Gasteiger partial charge is 0.320 e. The average molecular weight is 335 g/mol. The first-order valence-electron chi connectivity index (χ1n) is 7.74. The molecule has 0 saturated heterocycles. The van der Waals surface area contributed by atoms with Crippen LogP contribution in [0.2, 0.25) is 5.02 Å². The van der Waals surface area contributed by atoms with Crippen molar-refractivity contribution in [3.63, 3.8) is 0 Å². The fourth-order valence-corrected chi connectivity index (χ4v) is 3.16. The van der Waals surface area contributed by atoms with Crippen LogP contribution >= 0.6 is 11.6 Å². The molecule has 0 atom stereocenters. The molecule has 1 heterocycles. The van der Waals surface area contributed by atoms with Gasteiger partial charge in [-0.3, -0.25) is 0 Å². The number of hydrogen-bond acceptors (Lipinski definition) is 4. The Morgan fingerprint density at radius 3 is 2.65 bits per heavy atom. The van der Waals surface area contributed by atoms with Crippen LogP contribution in [0.3, 0.4) is 0 Å². The number of amides is 2. The second-order valence-electron chi connectivity index (χ2n) is 5.85. The van der Waals surface area contributed by atoms with E-state index < -0.39 is 5.54 Å². The summed E-state index contributed by atoms with van der Waals surface area (Å²) in [6.07, 6.45) is 4.72. The summed E-state index contributed by atoms with van der Waals surface area (Å²) in [6, 6.07) is 6.80. The molecule has 1 saturated carbocycles. The summed E-state index contributed by atoms with van der Waals surface area (Å²) in [7, 11) is 0. The van der Waals surface area contributed by atoms with Gasteiger partial charge in [0.1, 0.15) is 5.54 Å². The van der Waals surface area contributed by atoms with E-state index in [2.05, 4.69) is 20.8 Å². The van der Waals surface area contributed by atoms with Crippen molar-refractivity contribution >= 4 is 23.3 Å². The summed E-state index contributed by atoms with van der Waals surface area (Å²) in [6.45, 7) is 1.77. The summed E-state index contributed by atoms with van der Waals surface area (Å²) in [4.78, 5) is 16.8. The van der Waals surface area contributed by atoms with Crippen LogP contribution in [0.15, 0.2) is 28.8 Å². The predicted molar refractivity (Wildman–Crippen MR) is 87.4 cm³/mol. The van der Waals surface area contributed by atoms with Gasteiger partial charge in [-0.2, -0.15) is 4.98 Å². The van der Waals surface area contributed by atoms with E-state index in [4.69, 9.17) is 16.1 Å². The number of nitrogens with zero attached hydrogens (tertiary/aromatic N) is 2. The first-order valence-corrected chi connectivity index (χ1v) is 8.11. The second kappa shape index (κ2) is 6.58. The maximum absolute atomic E-state index is 12.4. The third-order valence-electron chi connectivity index (χ3n) is 4.12. The van der Waals surface area contributed by atoms with Crippen molar-refractivity contribution < 1.29 is 9.32 Å². The van der Waals surface area contributed by atoms with Gasteiger partial charge in [0.25, 0.3) is 5.89 Å². The molecule has 7 heteroatoms. The Balaban J connectivity index is 1.79. The number of para-hydroxylation sites is 1. The highest BCUT2D eigenvalue weighted by Gasteiger charge is 2.40. The second-order valence-corrected chi connectivity index (χ2v) is 6.26. The molecule has 1 aliphatic rings. The highest BCUT2D eigenvalue weighted by Crippen LogP contribution is 2.36. The molecule has 0 bridgehead atoms. The van der Waals surface area contributed by atoms with E-state index in [-0.39, 0.29) is 6.03 Å². The minimum atomic E-state index is -0.606. The molecule has 1 aromatic heterocycles. The molecule has 1 fully saturated rings. The van der Waals surface area contributed by atoms with Gasteiger partial charge >= 0.3 is 6.03 Å². The highest BCUT2D eigenvalue weighted by molar-refractivity contribution is 6.33. The maximum Gasteiger partial charge on any atom is 0.320 e. The Bertz CT molecular complexity index is 695. The van der Waals surface area contributed by atoms with Crippen LogP contribution in [0.25, 0.3) is 0 Å². The number of aryl methyl sites for hydroxylation is 1. The van der Waals surface area contributed by atoms with Gasteiger partial charge < -0.3 is 15.2 Å². The molecule has 1 aliphatic carbocycles. The lowest BCUT2D eigenvalue weighted by molar-refractivity contribution is 0.173. The van der Waals surface area contributed by atoms with Gasteiger partial charge in [-0.05, 0) is 31.9 Å². The van der Waals surface area contributed by atoms with Crippen LogP contribution in [-0.4, -0.2) is 16.2 Å². The monoisotopic (exact) mass is 334 g/mol. The number of halogens is 1. The average Bonchev–Trinajstić information content (AvgIpc) is 2.98. The molecule has 0 radical (unpaired) electrons. The van der Waals surface area contributed by atoms with E-state index in [1.54, 1.807) is 19.1 Å². The summed E-state index contributed by atoms with van der Waals surface area (Å²) in [5.41, 5.74) is -0.0375. The zero-order chi connectivity index (χ0) is 16.3. The number of urea groups is 1. The molecule has 122 valence electrons. The van der Waals surface area contributed by atoms with Gasteiger partial charge in [0.2, 0.25) is 0 Å². The van der Waals surface area contributed by atoms with Gasteiger partial charge in [0.05, 0.1) is 10.7 Å². The number of carbonyl (C=O) groups excluding carboxylic acids is 1. The molecule has 3 rings (SSSR count). The molecule has 0 aliphatic heterocycles. The van der Waals surface area contributed by atoms with Crippen molar-refractivity contribution in [2.24, 2.45) is 0 Å². The number of benzene rings is 1. The van der Waals surface area contributed by atoms with E-state index in [9.17, 15) is 4.79 Å². The normalized spacial score (nSPS) is 16.8. The number of carbonyl (C=O) groups is 1. The molecule has 2 amide bonds. The SMILES string of the molecule is Cc1noc(C2(NC(=O)Nc3ccccc3Cl)CCCCC2)n1. The number of anilines is 1. The largest absolute Gasteiger partial charge is 0.337 e. The Morgan fingerprint density at radius 2 is 2.00 bits per heavy atom. The Kier molecular flexibility index (Phi) is 4.52. The quantitative estimate of drug-likeness (QED) is 0.888. The summed E-state index contributed by atoms with van der Waals surface area (Å²) in [5, 5.41) is 10.2. The fourth-order valence-electron chi connectivity index (χ4n) is 2.97. The van der Waals surface area contributed by atoms with Crippen molar-refractivity contribution in [2.45, 2.75) is 44.6 Å². The molecule has 6 nitrogen and oxygen atoms in total. The first-order chi connectivity index (χ1) is 11.1. The van der Waals surface area contributed by atoms with Crippen molar-refractivity contribution in [1.29, 1.82) is 0 Å². The number of nitrogens with one attached hydrogen (secondary N) is 2. The van der Waals surface area contributed by atoms with Crippen molar-refractivity contribution in [3.05, 3.63) is 41.0 Å². The van der Waals surface area contributed by atoms with Gasteiger partial charge in [-0.1, -0.05) is 48.2 Å². The van der Waals surface area contributed by atoms with Crippen LogP contribution in [-0.2, 0) is 5.54 Å². The van der Waals surface area contributed by atoms with E-state index in [0.29, 0.717) is 22.4 Å². The van der Waals surface area contributed by atoms with Crippen LogP contribution in [0.5, 0.6) is 0 Å². The van der Waals surface area contributed by atoms with Crippen LogP contribution in [0, 0.1) is 6.92 Å². The van der Waals surface area contributed by atoms with Crippen molar-refractivity contribution in [2.75, 3.05) is 5.32 Å². The zero-order valence-corrected chi connectivity index (χ0v) is 13.7. The first kappa shape index (κ1) is 15.8. The number of aromatic nitrogens is 2. The van der Waals surface area contributed by atoms with E-state index >= 15 is 0 Å². The topological polar surface area (TPSA) is 80.0 Å². The molecule has 0 unspecified atom stereocenters. The third-order valence-corrected chi connectivity index (χ3v) is 4.45. The Hall–Kier alpha value is -2.08.